The van der Waals surface area contributed by atoms with E-state index in [-0.39, 0.29) is 0 Å². The van der Waals surface area contributed by atoms with Gasteiger partial charge in [0.25, 0.3) is 5.91 Å². The van der Waals surface area contributed by atoms with Crippen LogP contribution in [0.15, 0.2) is 12.1 Å². The second-order valence-electron chi connectivity index (χ2n) is 4.07. The van der Waals surface area contributed by atoms with Crippen molar-refractivity contribution in [3.63, 3.8) is 0 Å². The molecule has 22 heavy (non-hydrogen) atoms. The summed E-state index contributed by atoms with van der Waals surface area (Å²) in [6, 6.07) is -0.884. The molecular weight excluding hydrogens is 307 g/mol. The van der Waals surface area contributed by atoms with E-state index < -0.39 is 53.3 Å². The molecule has 0 bridgehead atoms. The summed E-state index contributed by atoms with van der Waals surface area (Å²) in [7, 11) is 2.05. The lowest BCUT2D eigenvalue weighted by atomic mass is 10.1. The van der Waals surface area contributed by atoms with Crippen molar-refractivity contribution in [2.24, 2.45) is 0 Å². The van der Waals surface area contributed by atoms with Crippen molar-refractivity contribution in [3.8, 4) is 0 Å². The van der Waals surface area contributed by atoms with Crippen LogP contribution in [0.3, 0.4) is 0 Å². The number of halogens is 3. The number of rotatable bonds is 5. The van der Waals surface area contributed by atoms with Gasteiger partial charge >= 0.3 is 11.9 Å². The molecule has 0 aliphatic carbocycles. The highest BCUT2D eigenvalue weighted by Crippen LogP contribution is 2.15. The molecule has 120 valence electrons. The summed E-state index contributed by atoms with van der Waals surface area (Å²) in [5.41, 5.74) is -1.08. The molecule has 0 aliphatic rings. The molecule has 1 amide bonds. The first-order valence-electron chi connectivity index (χ1n) is 5.90. The summed E-state index contributed by atoms with van der Waals surface area (Å²) >= 11 is 0. The predicted octanol–water partition coefficient (Wildman–Crippen LogP) is 0.938. The SMILES string of the molecule is COC(=O)C[C@H](NC(=O)c1c(F)cc(F)cc1F)C(=O)OC. The number of amides is 1. The summed E-state index contributed by atoms with van der Waals surface area (Å²) < 4.78 is 48.4. The lowest BCUT2D eigenvalue weighted by Crippen LogP contribution is -2.43. The van der Waals surface area contributed by atoms with E-state index in [0.29, 0.717) is 12.1 Å². The van der Waals surface area contributed by atoms with Crippen LogP contribution in [-0.4, -0.2) is 38.1 Å². The van der Waals surface area contributed by atoms with Gasteiger partial charge in [-0.1, -0.05) is 0 Å². The summed E-state index contributed by atoms with van der Waals surface area (Å²) in [6.45, 7) is 0. The Morgan fingerprint density at radius 2 is 1.64 bits per heavy atom. The second kappa shape index (κ2) is 7.43. The van der Waals surface area contributed by atoms with Crippen molar-refractivity contribution in [3.05, 3.63) is 35.1 Å². The molecular formula is C13H12F3NO5. The molecule has 0 aromatic heterocycles. The quantitative estimate of drug-likeness (QED) is 0.817. The number of benzene rings is 1. The van der Waals surface area contributed by atoms with Crippen molar-refractivity contribution in [1.82, 2.24) is 5.32 Å². The van der Waals surface area contributed by atoms with Crippen molar-refractivity contribution < 1.29 is 37.0 Å². The molecule has 1 atom stereocenters. The minimum absolute atomic E-state index is 0.311. The van der Waals surface area contributed by atoms with E-state index in [1.54, 1.807) is 0 Å². The van der Waals surface area contributed by atoms with Gasteiger partial charge in [0.15, 0.2) is 0 Å². The maximum absolute atomic E-state index is 13.5. The van der Waals surface area contributed by atoms with E-state index >= 15 is 0 Å². The molecule has 0 saturated heterocycles. The van der Waals surface area contributed by atoms with Crippen molar-refractivity contribution in [2.75, 3.05) is 14.2 Å². The minimum atomic E-state index is -1.51. The van der Waals surface area contributed by atoms with E-state index in [2.05, 4.69) is 9.47 Å². The van der Waals surface area contributed by atoms with Crippen LogP contribution >= 0.6 is 0 Å². The van der Waals surface area contributed by atoms with Gasteiger partial charge in [0.1, 0.15) is 29.1 Å². The first-order valence-corrected chi connectivity index (χ1v) is 5.90. The topological polar surface area (TPSA) is 81.7 Å². The van der Waals surface area contributed by atoms with Crippen molar-refractivity contribution >= 4 is 17.8 Å². The fraction of sp³-hybridized carbons (Fsp3) is 0.308. The van der Waals surface area contributed by atoms with Crippen LogP contribution in [0.2, 0.25) is 0 Å². The second-order valence-corrected chi connectivity index (χ2v) is 4.07. The standard InChI is InChI=1S/C13H12F3NO5/c1-21-10(18)5-9(13(20)22-2)17-12(19)11-7(15)3-6(14)4-8(11)16/h3-4,9H,5H2,1-2H3,(H,17,19)/t9-/m0/s1. The Hall–Kier alpha value is -2.58. The van der Waals surface area contributed by atoms with Gasteiger partial charge in [0.2, 0.25) is 0 Å². The van der Waals surface area contributed by atoms with Gasteiger partial charge in [-0.15, -0.1) is 0 Å². The van der Waals surface area contributed by atoms with E-state index in [9.17, 15) is 27.6 Å². The number of methoxy groups -OCH3 is 2. The van der Waals surface area contributed by atoms with Crippen LogP contribution in [0.4, 0.5) is 13.2 Å². The maximum Gasteiger partial charge on any atom is 0.328 e. The van der Waals surface area contributed by atoms with Gasteiger partial charge in [-0.2, -0.15) is 0 Å². The lowest BCUT2D eigenvalue weighted by Gasteiger charge is -2.15. The number of hydrogen-bond acceptors (Lipinski definition) is 5. The molecule has 1 aromatic carbocycles. The van der Waals surface area contributed by atoms with Gasteiger partial charge < -0.3 is 14.8 Å². The van der Waals surface area contributed by atoms with Crippen LogP contribution in [-0.2, 0) is 19.1 Å². The van der Waals surface area contributed by atoms with Gasteiger partial charge in [0.05, 0.1) is 20.6 Å². The molecule has 0 spiro atoms. The summed E-state index contributed by atoms with van der Waals surface area (Å²) in [6.07, 6.45) is -0.598. The Bertz CT molecular complexity index is 582. The average Bonchev–Trinajstić information content (AvgIpc) is 2.44. The van der Waals surface area contributed by atoms with Gasteiger partial charge in [0, 0.05) is 12.1 Å². The molecule has 0 heterocycles. The molecule has 1 N–H and O–H groups in total. The largest absolute Gasteiger partial charge is 0.469 e. The maximum atomic E-state index is 13.5. The number of nitrogens with one attached hydrogen (secondary N) is 1. The van der Waals surface area contributed by atoms with Crippen LogP contribution in [0.1, 0.15) is 16.8 Å². The average molecular weight is 319 g/mol. The summed E-state index contributed by atoms with van der Waals surface area (Å²) in [4.78, 5) is 34.4. The predicted molar refractivity (Wildman–Crippen MR) is 66.2 cm³/mol. The van der Waals surface area contributed by atoms with Crippen molar-refractivity contribution in [2.45, 2.75) is 12.5 Å². The van der Waals surface area contributed by atoms with E-state index in [4.69, 9.17) is 0 Å². The number of ether oxygens (including phenoxy) is 2. The number of carbonyl (C=O) groups is 3. The monoisotopic (exact) mass is 319 g/mol. The minimum Gasteiger partial charge on any atom is -0.469 e. The molecule has 0 fully saturated rings. The summed E-state index contributed by atoms with van der Waals surface area (Å²) in [5, 5.41) is 1.93. The molecule has 0 aliphatic heterocycles. The third kappa shape index (κ3) is 4.21. The Kier molecular flexibility index (Phi) is 5.90. The highest BCUT2D eigenvalue weighted by molar-refractivity contribution is 5.98. The third-order valence-corrected chi connectivity index (χ3v) is 2.62. The highest BCUT2D eigenvalue weighted by atomic mass is 19.1. The van der Waals surface area contributed by atoms with Crippen molar-refractivity contribution in [1.29, 1.82) is 0 Å². The van der Waals surface area contributed by atoms with Gasteiger partial charge in [-0.05, 0) is 0 Å². The van der Waals surface area contributed by atoms with E-state index in [0.717, 1.165) is 14.2 Å². The Morgan fingerprint density at radius 3 is 2.09 bits per heavy atom. The van der Waals surface area contributed by atoms with Crippen LogP contribution < -0.4 is 5.32 Å². The molecule has 0 saturated carbocycles. The van der Waals surface area contributed by atoms with E-state index in [1.165, 1.54) is 0 Å². The Balaban J connectivity index is 3.01. The highest BCUT2D eigenvalue weighted by Gasteiger charge is 2.28. The molecule has 0 unspecified atom stereocenters. The fourth-order valence-corrected chi connectivity index (χ4v) is 1.58. The number of carbonyl (C=O) groups excluding carboxylic acids is 3. The Labute approximate surface area is 123 Å². The van der Waals surface area contributed by atoms with Crippen LogP contribution in [0, 0.1) is 17.5 Å². The fourth-order valence-electron chi connectivity index (χ4n) is 1.58. The lowest BCUT2D eigenvalue weighted by molar-refractivity contribution is -0.149. The van der Waals surface area contributed by atoms with Crippen LogP contribution in [0.25, 0.3) is 0 Å². The first kappa shape index (κ1) is 17.5. The van der Waals surface area contributed by atoms with Gasteiger partial charge in [-0.25, -0.2) is 18.0 Å². The third-order valence-electron chi connectivity index (χ3n) is 2.62. The summed E-state index contributed by atoms with van der Waals surface area (Å²) in [5.74, 6) is -7.30. The first-order chi connectivity index (χ1) is 10.3. The smallest absolute Gasteiger partial charge is 0.328 e. The van der Waals surface area contributed by atoms with Gasteiger partial charge in [-0.3, -0.25) is 9.59 Å². The number of hydrogen-bond donors (Lipinski definition) is 1. The van der Waals surface area contributed by atoms with Crippen LogP contribution in [0.5, 0.6) is 0 Å². The zero-order valence-electron chi connectivity index (χ0n) is 11.6. The Morgan fingerprint density at radius 1 is 1.09 bits per heavy atom. The zero-order valence-corrected chi connectivity index (χ0v) is 11.6. The molecule has 1 aromatic rings. The van der Waals surface area contributed by atoms with E-state index in [1.807, 2.05) is 5.32 Å². The molecule has 0 radical (unpaired) electrons. The zero-order chi connectivity index (χ0) is 16.9. The number of esters is 2. The normalized spacial score (nSPS) is 11.5. The molecule has 6 nitrogen and oxygen atoms in total. The molecule has 1 rings (SSSR count). The molecule has 9 heteroatoms.